The number of nitrogen functional groups attached to an aromatic ring is 1. The highest BCUT2D eigenvalue weighted by Crippen LogP contribution is 2.31. The molecule has 0 fully saturated rings. The number of hydrogen-bond donors (Lipinski definition) is 1. The van der Waals surface area contributed by atoms with E-state index >= 15 is 0 Å². The van der Waals surface area contributed by atoms with E-state index < -0.39 is 0 Å². The van der Waals surface area contributed by atoms with Crippen molar-refractivity contribution in [1.82, 2.24) is 14.5 Å². The molecule has 1 aliphatic carbocycles. The summed E-state index contributed by atoms with van der Waals surface area (Å²) in [7, 11) is 0. The average molecular weight is 299 g/mol. The van der Waals surface area contributed by atoms with Crippen LogP contribution in [0.1, 0.15) is 24.0 Å². The van der Waals surface area contributed by atoms with Crippen LogP contribution in [0.2, 0.25) is 5.02 Å². The van der Waals surface area contributed by atoms with Gasteiger partial charge in [-0.25, -0.2) is 9.97 Å². The van der Waals surface area contributed by atoms with Gasteiger partial charge in [0.15, 0.2) is 5.65 Å². The number of hydrogen-bond acceptors (Lipinski definition) is 3. The van der Waals surface area contributed by atoms with Gasteiger partial charge >= 0.3 is 0 Å². The summed E-state index contributed by atoms with van der Waals surface area (Å²) in [6.45, 7) is 0. The molecule has 5 heteroatoms. The van der Waals surface area contributed by atoms with Gasteiger partial charge in [0.1, 0.15) is 5.52 Å². The van der Waals surface area contributed by atoms with E-state index in [9.17, 15) is 0 Å². The first kappa shape index (κ1) is 12.7. The Morgan fingerprint density at radius 1 is 1.19 bits per heavy atom. The number of pyridine rings is 1. The molecular weight excluding hydrogens is 284 g/mol. The highest BCUT2D eigenvalue weighted by atomic mass is 35.5. The Hall–Kier alpha value is -2.07. The second-order valence-corrected chi connectivity index (χ2v) is 5.86. The molecule has 2 aromatic heterocycles. The summed E-state index contributed by atoms with van der Waals surface area (Å²) in [6, 6.07) is 8.18. The molecule has 106 valence electrons. The summed E-state index contributed by atoms with van der Waals surface area (Å²) in [4.78, 5) is 8.81. The zero-order valence-electron chi connectivity index (χ0n) is 11.5. The van der Waals surface area contributed by atoms with Crippen molar-refractivity contribution in [3.63, 3.8) is 0 Å². The third-order valence-electron chi connectivity index (χ3n) is 4.10. The lowest BCUT2D eigenvalue weighted by molar-refractivity contribution is 0.682. The number of aryl methyl sites for hydroxylation is 1. The average Bonchev–Trinajstić information content (AvgIpc) is 2.81. The number of nitrogens with two attached hydrogens (primary N) is 1. The van der Waals surface area contributed by atoms with Crippen molar-refractivity contribution in [3.05, 3.63) is 46.6 Å². The topological polar surface area (TPSA) is 56.7 Å². The maximum Gasteiger partial charge on any atom is 0.207 e. The van der Waals surface area contributed by atoms with E-state index in [4.69, 9.17) is 17.3 Å². The number of nitrogens with zero attached hydrogens (tertiary/aromatic N) is 3. The fraction of sp³-hybridized carbons (Fsp3) is 0.250. The molecular formula is C16H15ClN4. The van der Waals surface area contributed by atoms with Gasteiger partial charge in [0.25, 0.3) is 0 Å². The quantitative estimate of drug-likeness (QED) is 0.747. The minimum absolute atomic E-state index is 0.457. The van der Waals surface area contributed by atoms with E-state index in [-0.39, 0.29) is 0 Å². The van der Waals surface area contributed by atoms with E-state index in [2.05, 4.69) is 28.2 Å². The van der Waals surface area contributed by atoms with Crippen LogP contribution in [0.5, 0.6) is 0 Å². The van der Waals surface area contributed by atoms with Crippen LogP contribution >= 0.6 is 11.6 Å². The van der Waals surface area contributed by atoms with Crippen LogP contribution in [0.25, 0.3) is 16.9 Å². The van der Waals surface area contributed by atoms with Gasteiger partial charge in [-0.3, -0.25) is 4.57 Å². The Kier molecular flexibility index (Phi) is 2.86. The van der Waals surface area contributed by atoms with E-state index in [1.807, 2.05) is 4.57 Å². The van der Waals surface area contributed by atoms with Crippen LogP contribution in [-0.4, -0.2) is 14.5 Å². The molecule has 4 nitrogen and oxygen atoms in total. The Labute approximate surface area is 127 Å². The number of benzene rings is 1. The molecule has 3 aromatic rings. The summed E-state index contributed by atoms with van der Waals surface area (Å²) in [5, 5.41) is 0.572. The number of fused-ring (bicyclic) bond motifs is 2. The number of halogens is 1. The molecule has 1 aliphatic rings. The van der Waals surface area contributed by atoms with Crippen molar-refractivity contribution < 1.29 is 0 Å². The Balaban J connectivity index is 2.01. The molecule has 4 rings (SSSR count). The van der Waals surface area contributed by atoms with Gasteiger partial charge in [-0.15, -0.1) is 0 Å². The van der Waals surface area contributed by atoms with Crippen molar-refractivity contribution in [2.24, 2.45) is 0 Å². The first-order valence-corrected chi connectivity index (χ1v) is 7.52. The lowest BCUT2D eigenvalue weighted by Crippen LogP contribution is -2.10. The third kappa shape index (κ3) is 1.98. The minimum Gasteiger partial charge on any atom is -0.369 e. The van der Waals surface area contributed by atoms with Gasteiger partial charge < -0.3 is 5.73 Å². The molecule has 0 atom stereocenters. The fourth-order valence-electron chi connectivity index (χ4n) is 3.17. The molecule has 2 heterocycles. The molecule has 0 amide bonds. The second kappa shape index (κ2) is 4.74. The Morgan fingerprint density at radius 3 is 2.95 bits per heavy atom. The maximum absolute atomic E-state index is 6.14. The molecule has 2 N–H and O–H groups in total. The summed E-state index contributed by atoms with van der Waals surface area (Å²) < 4.78 is 1.94. The first-order chi connectivity index (χ1) is 10.2. The van der Waals surface area contributed by atoms with Gasteiger partial charge in [0, 0.05) is 6.20 Å². The second-order valence-electron chi connectivity index (χ2n) is 5.42. The fourth-order valence-corrected chi connectivity index (χ4v) is 3.32. The van der Waals surface area contributed by atoms with Crippen LogP contribution in [0.15, 0.2) is 30.5 Å². The molecule has 0 saturated heterocycles. The van der Waals surface area contributed by atoms with E-state index in [1.54, 1.807) is 12.3 Å². The SMILES string of the molecule is Nc1nc2cc(Cl)cnc2n1-c1cccc2c1CCCC2. The highest BCUT2D eigenvalue weighted by molar-refractivity contribution is 6.31. The Bertz CT molecular complexity index is 838. The number of aromatic nitrogens is 3. The van der Waals surface area contributed by atoms with Crippen molar-refractivity contribution in [3.8, 4) is 5.69 Å². The predicted molar refractivity (Wildman–Crippen MR) is 84.9 cm³/mol. The third-order valence-corrected chi connectivity index (χ3v) is 4.31. The molecule has 0 radical (unpaired) electrons. The zero-order valence-corrected chi connectivity index (χ0v) is 12.3. The zero-order chi connectivity index (χ0) is 14.4. The normalized spacial score (nSPS) is 14.3. The summed E-state index contributed by atoms with van der Waals surface area (Å²) in [5.41, 5.74) is 11.5. The maximum atomic E-state index is 6.14. The van der Waals surface area contributed by atoms with Crippen LogP contribution in [-0.2, 0) is 12.8 Å². The van der Waals surface area contributed by atoms with Crippen molar-refractivity contribution in [1.29, 1.82) is 0 Å². The van der Waals surface area contributed by atoms with Crippen LogP contribution in [0, 0.1) is 0 Å². The van der Waals surface area contributed by atoms with Crippen LogP contribution in [0.4, 0.5) is 5.95 Å². The van der Waals surface area contributed by atoms with E-state index in [1.165, 1.54) is 24.0 Å². The van der Waals surface area contributed by atoms with E-state index in [0.29, 0.717) is 11.0 Å². The standard InChI is InChI=1S/C16H15ClN4/c17-11-8-13-15(19-9-11)21(16(18)20-13)14-7-3-5-10-4-1-2-6-12(10)14/h3,5,7-9H,1-2,4,6H2,(H2,18,20). The van der Waals surface area contributed by atoms with Crippen molar-refractivity contribution >= 4 is 28.7 Å². The lowest BCUT2D eigenvalue weighted by Gasteiger charge is -2.20. The van der Waals surface area contributed by atoms with Crippen LogP contribution in [0.3, 0.4) is 0 Å². The molecule has 21 heavy (non-hydrogen) atoms. The molecule has 0 aliphatic heterocycles. The summed E-state index contributed by atoms with van der Waals surface area (Å²) in [6.07, 6.45) is 6.32. The molecule has 0 spiro atoms. The molecule has 1 aromatic carbocycles. The first-order valence-electron chi connectivity index (χ1n) is 7.14. The lowest BCUT2D eigenvalue weighted by atomic mass is 9.90. The van der Waals surface area contributed by atoms with Gasteiger partial charge in [0.2, 0.25) is 5.95 Å². The largest absolute Gasteiger partial charge is 0.369 e. The van der Waals surface area contributed by atoms with Gasteiger partial charge in [-0.1, -0.05) is 23.7 Å². The minimum atomic E-state index is 0.457. The monoisotopic (exact) mass is 298 g/mol. The van der Waals surface area contributed by atoms with Crippen molar-refractivity contribution in [2.45, 2.75) is 25.7 Å². The van der Waals surface area contributed by atoms with Crippen LogP contribution < -0.4 is 5.73 Å². The number of anilines is 1. The Morgan fingerprint density at radius 2 is 2.05 bits per heavy atom. The highest BCUT2D eigenvalue weighted by Gasteiger charge is 2.18. The predicted octanol–water partition coefficient (Wildman–Crippen LogP) is 3.53. The summed E-state index contributed by atoms with van der Waals surface area (Å²) in [5.74, 6) is 0.457. The number of rotatable bonds is 1. The summed E-state index contributed by atoms with van der Waals surface area (Å²) >= 11 is 5.99. The molecule has 0 saturated carbocycles. The van der Waals surface area contributed by atoms with Gasteiger partial charge in [-0.2, -0.15) is 0 Å². The van der Waals surface area contributed by atoms with Gasteiger partial charge in [-0.05, 0) is 48.9 Å². The van der Waals surface area contributed by atoms with Crippen molar-refractivity contribution in [2.75, 3.05) is 5.73 Å². The molecule has 0 bridgehead atoms. The van der Waals surface area contributed by atoms with Gasteiger partial charge in [0.05, 0.1) is 10.7 Å². The number of imidazole rings is 1. The smallest absolute Gasteiger partial charge is 0.207 e. The molecule has 0 unspecified atom stereocenters. The van der Waals surface area contributed by atoms with E-state index in [0.717, 1.165) is 29.7 Å².